The van der Waals surface area contributed by atoms with E-state index in [4.69, 9.17) is 5.11 Å². The zero-order valence-electron chi connectivity index (χ0n) is 17.9. The average Bonchev–Trinajstić information content (AvgIpc) is 3.04. The molecule has 0 fully saturated rings. The van der Waals surface area contributed by atoms with Gasteiger partial charge in [0.2, 0.25) is 0 Å². The summed E-state index contributed by atoms with van der Waals surface area (Å²) in [6, 6.07) is 14.9. The Balaban J connectivity index is 1.62. The van der Waals surface area contributed by atoms with Gasteiger partial charge in [-0.3, -0.25) is 0 Å². The summed E-state index contributed by atoms with van der Waals surface area (Å²) in [7, 11) is 0. The van der Waals surface area contributed by atoms with Crippen LogP contribution in [0, 0.1) is 13.8 Å². The maximum Gasteiger partial charge on any atom is 0.335 e. The molecule has 158 valence electrons. The number of aromatic carboxylic acids is 1. The monoisotopic (exact) mass is 407 g/mol. The molecule has 2 heterocycles. The van der Waals surface area contributed by atoms with Crippen LogP contribution < -0.4 is 5.32 Å². The summed E-state index contributed by atoms with van der Waals surface area (Å²) in [6.45, 7) is 8.51. The number of aryl methyl sites for hydroxylation is 2. The molecule has 0 radical (unpaired) electrons. The number of aromatic nitrogens is 2. The van der Waals surface area contributed by atoms with Crippen LogP contribution in [-0.2, 0) is 6.42 Å². The van der Waals surface area contributed by atoms with Gasteiger partial charge in [0.05, 0.1) is 11.7 Å². The molecule has 2 aromatic heterocycles. The summed E-state index contributed by atoms with van der Waals surface area (Å²) in [4.78, 5) is 15.7. The largest absolute Gasteiger partial charge is 0.478 e. The predicted octanol–water partition coefficient (Wildman–Crippen LogP) is 3.83. The van der Waals surface area contributed by atoms with Gasteiger partial charge in [-0.15, -0.1) is 0 Å². The molecule has 1 atom stereocenters. The minimum atomic E-state index is -0.931. The zero-order chi connectivity index (χ0) is 21.9. The summed E-state index contributed by atoms with van der Waals surface area (Å²) in [5.41, 5.74) is 3.88. The molecule has 3 aromatic rings. The van der Waals surface area contributed by atoms with Crippen molar-refractivity contribution in [2.45, 2.75) is 45.8 Å². The maximum atomic E-state index is 11.2. The first kappa shape index (κ1) is 21.7. The van der Waals surface area contributed by atoms with Gasteiger partial charge >= 0.3 is 5.97 Å². The van der Waals surface area contributed by atoms with E-state index in [0.29, 0.717) is 13.0 Å². The Morgan fingerprint density at radius 1 is 1.13 bits per heavy atom. The second-order valence-corrected chi connectivity index (χ2v) is 8.36. The fraction of sp³-hybridized carbons (Fsp3) is 0.333. The van der Waals surface area contributed by atoms with E-state index in [1.165, 1.54) is 0 Å². The number of nitrogens with zero attached hydrogens (tertiary/aromatic N) is 2. The lowest BCUT2D eigenvalue weighted by Gasteiger charge is -2.28. The minimum absolute atomic E-state index is 0.280. The second kappa shape index (κ2) is 8.81. The second-order valence-electron chi connectivity index (χ2n) is 8.36. The molecule has 0 spiro atoms. The van der Waals surface area contributed by atoms with Crippen LogP contribution in [0.5, 0.6) is 0 Å². The zero-order valence-corrected chi connectivity index (χ0v) is 17.9. The molecule has 6 nitrogen and oxygen atoms in total. The summed E-state index contributed by atoms with van der Waals surface area (Å²) in [5, 5.41) is 23.2. The lowest BCUT2D eigenvalue weighted by Crippen LogP contribution is -2.43. The van der Waals surface area contributed by atoms with Crippen molar-refractivity contribution < 1.29 is 15.0 Å². The number of rotatable bonds is 8. The molecule has 0 saturated heterocycles. The molecule has 0 aliphatic rings. The Morgan fingerprint density at radius 2 is 1.83 bits per heavy atom. The molecular formula is C24H29N3O3. The predicted molar refractivity (Wildman–Crippen MR) is 117 cm³/mol. The summed E-state index contributed by atoms with van der Waals surface area (Å²) in [6.07, 6.45) is 1.66. The Kier molecular flexibility index (Phi) is 6.39. The molecule has 30 heavy (non-hydrogen) atoms. The number of aliphatic hydroxyl groups is 1. The highest BCUT2D eigenvalue weighted by atomic mass is 16.4. The quantitative estimate of drug-likeness (QED) is 0.528. The highest BCUT2D eigenvalue weighted by Gasteiger charge is 2.20. The van der Waals surface area contributed by atoms with E-state index < -0.39 is 12.1 Å². The SMILES string of the molecule is Cc1ccc(C)n1-c1ccc([C@@H](O)CNC(C)(C)Cc2cccc(C(=O)O)c2)cn1. The Bertz CT molecular complexity index is 1000. The molecule has 0 aliphatic heterocycles. The number of aliphatic hydroxyl groups excluding tert-OH is 1. The van der Waals surface area contributed by atoms with Crippen LogP contribution in [0.3, 0.4) is 0 Å². The number of benzene rings is 1. The standard InChI is InChI=1S/C24H29N3O3/c1-16-8-9-17(2)27(16)22-11-10-20(14-25-22)21(28)15-26-24(3,4)13-18-6-5-7-19(12-18)23(29)30/h5-12,14,21,26,28H,13,15H2,1-4H3,(H,29,30)/t21-/m0/s1. The van der Waals surface area contributed by atoms with E-state index in [-0.39, 0.29) is 11.1 Å². The first-order valence-electron chi connectivity index (χ1n) is 10.0. The van der Waals surface area contributed by atoms with Gasteiger partial charge in [0.15, 0.2) is 0 Å². The number of carbonyl (C=O) groups is 1. The lowest BCUT2D eigenvalue weighted by molar-refractivity contribution is 0.0696. The van der Waals surface area contributed by atoms with Gasteiger partial charge in [0.25, 0.3) is 0 Å². The van der Waals surface area contributed by atoms with Gasteiger partial charge in [-0.05, 0) is 70.0 Å². The van der Waals surface area contributed by atoms with Crippen LogP contribution in [0.1, 0.15) is 52.8 Å². The number of carboxylic acids is 1. The fourth-order valence-electron chi connectivity index (χ4n) is 3.63. The van der Waals surface area contributed by atoms with Crippen molar-refractivity contribution in [2.24, 2.45) is 0 Å². The van der Waals surface area contributed by atoms with Gasteiger partial charge in [0.1, 0.15) is 5.82 Å². The first-order chi connectivity index (χ1) is 14.2. The normalized spacial score (nSPS) is 12.7. The Hall–Kier alpha value is -2.96. The van der Waals surface area contributed by atoms with Crippen molar-refractivity contribution in [2.75, 3.05) is 6.54 Å². The third kappa shape index (κ3) is 5.14. The third-order valence-corrected chi connectivity index (χ3v) is 5.25. The minimum Gasteiger partial charge on any atom is -0.478 e. The molecular weight excluding hydrogens is 378 g/mol. The van der Waals surface area contributed by atoms with Crippen molar-refractivity contribution >= 4 is 5.97 Å². The van der Waals surface area contributed by atoms with Crippen LogP contribution in [-0.4, -0.2) is 37.8 Å². The number of hydrogen-bond acceptors (Lipinski definition) is 4. The lowest BCUT2D eigenvalue weighted by atomic mass is 9.93. The first-order valence-corrected chi connectivity index (χ1v) is 10.0. The summed E-state index contributed by atoms with van der Waals surface area (Å²) in [5.74, 6) is -0.100. The van der Waals surface area contributed by atoms with Gasteiger partial charge < -0.3 is 20.1 Å². The molecule has 1 aromatic carbocycles. The third-order valence-electron chi connectivity index (χ3n) is 5.25. The topological polar surface area (TPSA) is 87.4 Å². The van der Waals surface area contributed by atoms with Crippen molar-refractivity contribution in [1.29, 1.82) is 0 Å². The molecule has 6 heteroatoms. The summed E-state index contributed by atoms with van der Waals surface area (Å²) < 4.78 is 2.07. The average molecular weight is 408 g/mol. The molecule has 0 unspecified atom stereocenters. The highest BCUT2D eigenvalue weighted by Crippen LogP contribution is 2.19. The van der Waals surface area contributed by atoms with Gasteiger partial charge in [0, 0.05) is 35.2 Å². The molecule has 0 saturated carbocycles. The van der Waals surface area contributed by atoms with Crippen LogP contribution in [0.4, 0.5) is 0 Å². The molecule has 3 rings (SSSR count). The number of pyridine rings is 1. The van der Waals surface area contributed by atoms with Crippen LogP contribution in [0.15, 0.2) is 54.7 Å². The van der Waals surface area contributed by atoms with E-state index in [1.54, 1.807) is 24.4 Å². The van der Waals surface area contributed by atoms with Crippen LogP contribution >= 0.6 is 0 Å². The van der Waals surface area contributed by atoms with E-state index in [2.05, 4.69) is 27.0 Å². The van der Waals surface area contributed by atoms with E-state index in [1.807, 2.05) is 45.9 Å². The molecule has 0 amide bonds. The molecule has 3 N–H and O–H groups in total. The number of nitrogens with one attached hydrogen (secondary N) is 1. The fourth-order valence-corrected chi connectivity index (χ4v) is 3.63. The van der Waals surface area contributed by atoms with Gasteiger partial charge in [-0.1, -0.05) is 18.2 Å². The Labute approximate surface area is 177 Å². The molecule has 0 bridgehead atoms. The van der Waals surface area contributed by atoms with E-state index in [9.17, 15) is 9.90 Å². The van der Waals surface area contributed by atoms with Gasteiger partial charge in [-0.25, -0.2) is 9.78 Å². The van der Waals surface area contributed by atoms with Crippen LogP contribution in [0.2, 0.25) is 0 Å². The van der Waals surface area contributed by atoms with Crippen molar-refractivity contribution in [3.63, 3.8) is 0 Å². The van der Waals surface area contributed by atoms with Gasteiger partial charge in [-0.2, -0.15) is 0 Å². The number of carboxylic acid groups (broad SMARTS) is 1. The van der Waals surface area contributed by atoms with Crippen molar-refractivity contribution in [3.05, 3.63) is 82.8 Å². The highest BCUT2D eigenvalue weighted by molar-refractivity contribution is 5.87. The van der Waals surface area contributed by atoms with Crippen LogP contribution in [0.25, 0.3) is 5.82 Å². The van der Waals surface area contributed by atoms with Crippen molar-refractivity contribution in [1.82, 2.24) is 14.9 Å². The number of hydrogen-bond donors (Lipinski definition) is 3. The van der Waals surface area contributed by atoms with E-state index >= 15 is 0 Å². The smallest absolute Gasteiger partial charge is 0.335 e. The van der Waals surface area contributed by atoms with Crippen molar-refractivity contribution in [3.8, 4) is 5.82 Å². The number of β-amino-alcohol motifs (C(OH)–C–C–N with tert-alkyl or cyclic N) is 1. The van der Waals surface area contributed by atoms with E-state index in [0.717, 1.165) is 28.3 Å². The summed E-state index contributed by atoms with van der Waals surface area (Å²) >= 11 is 0. The molecule has 0 aliphatic carbocycles. The maximum absolute atomic E-state index is 11.2. The Morgan fingerprint density at radius 3 is 2.43 bits per heavy atom.